The van der Waals surface area contributed by atoms with Crippen LogP contribution in [0.5, 0.6) is 0 Å². The number of hydrogen-bond acceptors (Lipinski definition) is 4. The van der Waals surface area contributed by atoms with Crippen molar-refractivity contribution in [2.24, 2.45) is 0 Å². The van der Waals surface area contributed by atoms with E-state index in [9.17, 15) is 23.2 Å². The molecule has 0 aliphatic carbocycles. The van der Waals surface area contributed by atoms with E-state index in [4.69, 9.17) is 0 Å². The second kappa shape index (κ2) is 8.79. The highest BCUT2D eigenvalue weighted by Crippen LogP contribution is 2.39. The van der Waals surface area contributed by atoms with Crippen LogP contribution in [-0.4, -0.2) is 77.2 Å². The molecular formula is C25H26F2N4O3. The van der Waals surface area contributed by atoms with Crippen molar-refractivity contribution in [2.45, 2.75) is 24.8 Å². The van der Waals surface area contributed by atoms with E-state index in [2.05, 4.69) is 5.32 Å². The standard InChI is InChI=1S/C25H26F2N4O3/c26-18-6-3-7-19(27)22(18)23(33)30-13-11-29(12-14-30)16-21(32)31-10-4-9-25(31)15-17-5-1-2-8-20(17)28-24(25)34/h1-3,5-8H,4,9-16H2,(H,28,34). The molecule has 0 saturated carbocycles. The first-order valence-electron chi connectivity index (χ1n) is 11.5. The van der Waals surface area contributed by atoms with E-state index in [1.165, 1.54) is 11.0 Å². The first-order chi connectivity index (χ1) is 16.4. The summed E-state index contributed by atoms with van der Waals surface area (Å²) >= 11 is 0. The first-order valence-corrected chi connectivity index (χ1v) is 11.5. The molecule has 1 atom stereocenters. The molecule has 1 N–H and O–H groups in total. The van der Waals surface area contributed by atoms with Crippen LogP contribution in [0.4, 0.5) is 14.5 Å². The number of piperazine rings is 1. The fraction of sp³-hybridized carbons (Fsp3) is 0.400. The SMILES string of the molecule is O=C(c1c(F)cccc1F)N1CCN(CC(=O)N2CCCC23Cc2ccccc2NC3=O)CC1. The average molecular weight is 469 g/mol. The fourth-order valence-corrected chi connectivity index (χ4v) is 5.34. The Balaban J connectivity index is 1.23. The molecule has 5 rings (SSSR count). The Morgan fingerprint density at radius 2 is 1.65 bits per heavy atom. The van der Waals surface area contributed by atoms with Gasteiger partial charge in [0.05, 0.1) is 6.54 Å². The van der Waals surface area contributed by atoms with Gasteiger partial charge in [0.25, 0.3) is 11.8 Å². The molecule has 3 aliphatic rings. The van der Waals surface area contributed by atoms with Gasteiger partial charge in [-0.1, -0.05) is 24.3 Å². The number of halogens is 2. The lowest BCUT2D eigenvalue weighted by Gasteiger charge is -2.42. The highest BCUT2D eigenvalue weighted by Gasteiger charge is 2.51. The third kappa shape index (κ3) is 3.83. The lowest BCUT2D eigenvalue weighted by molar-refractivity contribution is -0.144. The number of fused-ring (bicyclic) bond motifs is 1. The topological polar surface area (TPSA) is 73.0 Å². The molecule has 2 saturated heterocycles. The maximum absolute atomic E-state index is 14.0. The molecule has 0 bridgehead atoms. The minimum Gasteiger partial charge on any atom is -0.336 e. The molecule has 0 aromatic heterocycles. The number of nitrogens with one attached hydrogen (secondary N) is 1. The second-order valence-electron chi connectivity index (χ2n) is 9.13. The zero-order valence-corrected chi connectivity index (χ0v) is 18.7. The number of para-hydroxylation sites is 1. The number of nitrogens with zero attached hydrogens (tertiary/aromatic N) is 3. The largest absolute Gasteiger partial charge is 0.336 e. The summed E-state index contributed by atoms with van der Waals surface area (Å²) in [5.74, 6) is -2.70. The summed E-state index contributed by atoms with van der Waals surface area (Å²) in [4.78, 5) is 44.0. The van der Waals surface area contributed by atoms with E-state index in [0.29, 0.717) is 32.5 Å². The second-order valence-corrected chi connectivity index (χ2v) is 9.13. The van der Waals surface area contributed by atoms with E-state index < -0.39 is 28.6 Å². The van der Waals surface area contributed by atoms with E-state index in [1.54, 1.807) is 4.90 Å². The van der Waals surface area contributed by atoms with Crippen molar-refractivity contribution in [2.75, 3.05) is 44.6 Å². The van der Waals surface area contributed by atoms with Gasteiger partial charge in [-0.05, 0) is 36.6 Å². The molecule has 1 unspecified atom stereocenters. The smallest absolute Gasteiger partial charge is 0.259 e. The average Bonchev–Trinajstić information content (AvgIpc) is 3.24. The maximum Gasteiger partial charge on any atom is 0.259 e. The van der Waals surface area contributed by atoms with Crippen LogP contribution >= 0.6 is 0 Å². The van der Waals surface area contributed by atoms with Crippen LogP contribution in [0, 0.1) is 11.6 Å². The summed E-state index contributed by atoms with van der Waals surface area (Å²) in [5.41, 5.74) is 0.402. The van der Waals surface area contributed by atoms with Crippen LogP contribution < -0.4 is 5.32 Å². The number of likely N-dealkylation sites (tertiary alicyclic amines) is 1. The molecule has 3 amide bonds. The Bertz CT molecular complexity index is 1130. The lowest BCUT2D eigenvalue weighted by atomic mass is 9.83. The van der Waals surface area contributed by atoms with Gasteiger partial charge in [0.15, 0.2) is 0 Å². The Labute approximate surface area is 196 Å². The predicted octanol–water partition coefficient (Wildman–Crippen LogP) is 2.28. The molecule has 3 heterocycles. The fourth-order valence-electron chi connectivity index (χ4n) is 5.34. The van der Waals surface area contributed by atoms with Crippen molar-refractivity contribution in [3.05, 3.63) is 65.2 Å². The molecule has 3 aliphatic heterocycles. The van der Waals surface area contributed by atoms with Crippen LogP contribution in [0.3, 0.4) is 0 Å². The summed E-state index contributed by atoms with van der Waals surface area (Å²) in [6, 6.07) is 11.0. The van der Waals surface area contributed by atoms with Crippen molar-refractivity contribution in [3.8, 4) is 0 Å². The molecule has 2 fully saturated rings. The van der Waals surface area contributed by atoms with Crippen molar-refractivity contribution in [1.29, 1.82) is 0 Å². The highest BCUT2D eigenvalue weighted by atomic mass is 19.1. The highest BCUT2D eigenvalue weighted by molar-refractivity contribution is 6.04. The molecule has 0 radical (unpaired) electrons. The summed E-state index contributed by atoms with van der Waals surface area (Å²) < 4.78 is 28.0. The molecule has 2 aromatic carbocycles. The van der Waals surface area contributed by atoms with E-state index in [1.807, 2.05) is 29.2 Å². The number of carbonyl (C=O) groups excluding carboxylic acids is 3. The molecule has 1 spiro atoms. The van der Waals surface area contributed by atoms with Gasteiger partial charge in [0, 0.05) is 44.8 Å². The molecule has 2 aromatic rings. The van der Waals surface area contributed by atoms with Gasteiger partial charge in [0.1, 0.15) is 22.7 Å². The first kappa shape index (κ1) is 22.5. The molecule has 9 heteroatoms. The third-order valence-electron chi connectivity index (χ3n) is 7.16. The van der Waals surface area contributed by atoms with Gasteiger partial charge in [0.2, 0.25) is 5.91 Å². The van der Waals surface area contributed by atoms with Crippen molar-refractivity contribution >= 4 is 23.4 Å². The van der Waals surface area contributed by atoms with Gasteiger partial charge in [-0.2, -0.15) is 0 Å². The zero-order chi connectivity index (χ0) is 23.9. The Morgan fingerprint density at radius 3 is 2.38 bits per heavy atom. The van der Waals surface area contributed by atoms with Gasteiger partial charge in [-0.15, -0.1) is 0 Å². The normalized spacial score (nSPS) is 22.6. The zero-order valence-electron chi connectivity index (χ0n) is 18.7. The van der Waals surface area contributed by atoms with Gasteiger partial charge in [-0.3, -0.25) is 19.3 Å². The van der Waals surface area contributed by atoms with Crippen LogP contribution in [0.25, 0.3) is 0 Å². The Kier molecular flexibility index (Phi) is 5.81. The number of benzene rings is 2. The van der Waals surface area contributed by atoms with Crippen LogP contribution in [0.15, 0.2) is 42.5 Å². The van der Waals surface area contributed by atoms with Crippen LogP contribution in [0.1, 0.15) is 28.8 Å². The number of rotatable bonds is 3. The van der Waals surface area contributed by atoms with Crippen LogP contribution in [-0.2, 0) is 16.0 Å². The minimum atomic E-state index is -0.880. The van der Waals surface area contributed by atoms with Crippen molar-refractivity contribution in [1.82, 2.24) is 14.7 Å². The van der Waals surface area contributed by atoms with Crippen LogP contribution in [0.2, 0.25) is 0 Å². The molecule has 7 nitrogen and oxygen atoms in total. The van der Waals surface area contributed by atoms with Crippen molar-refractivity contribution in [3.63, 3.8) is 0 Å². The summed E-state index contributed by atoms with van der Waals surface area (Å²) in [7, 11) is 0. The van der Waals surface area contributed by atoms with Crippen molar-refractivity contribution < 1.29 is 23.2 Å². The quantitative estimate of drug-likeness (QED) is 0.750. The van der Waals surface area contributed by atoms with E-state index in [-0.39, 0.29) is 31.4 Å². The minimum absolute atomic E-state index is 0.119. The van der Waals surface area contributed by atoms with Gasteiger partial charge in [-0.25, -0.2) is 8.78 Å². The van der Waals surface area contributed by atoms with E-state index in [0.717, 1.165) is 29.8 Å². The number of carbonyl (C=O) groups is 3. The van der Waals surface area contributed by atoms with Gasteiger partial charge >= 0.3 is 0 Å². The number of amides is 3. The maximum atomic E-state index is 14.0. The van der Waals surface area contributed by atoms with E-state index >= 15 is 0 Å². The number of hydrogen-bond donors (Lipinski definition) is 1. The molecule has 34 heavy (non-hydrogen) atoms. The molecular weight excluding hydrogens is 442 g/mol. The predicted molar refractivity (Wildman–Crippen MR) is 121 cm³/mol. The third-order valence-corrected chi connectivity index (χ3v) is 7.16. The summed E-state index contributed by atoms with van der Waals surface area (Å²) in [6.45, 7) is 2.00. The monoisotopic (exact) mass is 468 g/mol. The Hall–Kier alpha value is -3.33. The Morgan fingerprint density at radius 1 is 0.941 bits per heavy atom. The van der Waals surface area contributed by atoms with Gasteiger partial charge < -0.3 is 15.1 Å². The summed E-state index contributed by atoms with van der Waals surface area (Å²) in [5, 5.41) is 2.97. The lowest BCUT2D eigenvalue weighted by Crippen LogP contribution is -2.60. The molecule has 178 valence electrons. The number of anilines is 1. The summed E-state index contributed by atoms with van der Waals surface area (Å²) in [6.07, 6.45) is 1.88.